The van der Waals surface area contributed by atoms with Crippen LogP contribution in [0.4, 0.5) is 5.69 Å². The molecule has 140 valence electrons. The van der Waals surface area contributed by atoms with Crippen LogP contribution in [0.3, 0.4) is 0 Å². The van der Waals surface area contributed by atoms with Crippen LogP contribution in [-0.4, -0.2) is 24.9 Å². The summed E-state index contributed by atoms with van der Waals surface area (Å²) in [5, 5.41) is 11.5. The number of benzene rings is 2. The number of thiazole rings is 1. The highest BCUT2D eigenvalue weighted by Crippen LogP contribution is 2.27. The summed E-state index contributed by atoms with van der Waals surface area (Å²) in [4.78, 5) is 15.8. The summed E-state index contributed by atoms with van der Waals surface area (Å²) in [5.41, 5.74) is 1.79. The highest BCUT2D eigenvalue weighted by atomic mass is 32.2. The molecule has 0 spiro atoms. The molecular formula is C18H17N3O4S2. The lowest BCUT2D eigenvalue weighted by Crippen LogP contribution is -2.25. The summed E-state index contributed by atoms with van der Waals surface area (Å²) in [6, 6.07) is 14.6. The molecule has 0 unspecified atom stereocenters. The van der Waals surface area contributed by atoms with Crippen molar-refractivity contribution in [3.8, 4) is 11.3 Å². The number of nitro groups is 1. The van der Waals surface area contributed by atoms with Crippen molar-refractivity contribution < 1.29 is 13.3 Å². The second-order valence-corrected chi connectivity index (χ2v) is 8.83. The van der Waals surface area contributed by atoms with Gasteiger partial charge in [0.05, 0.1) is 20.5 Å². The van der Waals surface area contributed by atoms with Gasteiger partial charge in [-0.3, -0.25) is 10.1 Å². The van der Waals surface area contributed by atoms with Gasteiger partial charge in [-0.15, -0.1) is 11.3 Å². The van der Waals surface area contributed by atoms with E-state index in [-0.39, 0.29) is 17.1 Å². The van der Waals surface area contributed by atoms with Crippen molar-refractivity contribution in [1.82, 2.24) is 9.71 Å². The number of rotatable bonds is 7. The van der Waals surface area contributed by atoms with E-state index >= 15 is 0 Å². The van der Waals surface area contributed by atoms with Crippen LogP contribution < -0.4 is 4.72 Å². The molecule has 0 bridgehead atoms. The molecule has 1 heterocycles. The lowest BCUT2D eigenvalue weighted by Gasteiger charge is -2.05. The maximum absolute atomic E-state index is 12.3. The molecule has 2 aromatic carbocycles. The summed E-state index contributed by atoms with van der Waals surface area (Å²) in [6.45, 7) is 2.19. The predicted octanol–water partition coefficient (Wildman–Crippen LogP) is 3.55. The third-order valence-corrected chi connectivity index (χ3v) is 6.38. The first kappa shape index (κ1) is 19.2. The van der Waals surface area contributed by atoms with Crippen molar-refractivity contribution in [2.45, 2.75) is 18.2 Å². The number of hydrogen-bond donors (Lipinski definition) is 1. The fourth-order valence-electron chi connectivity index (χ4n) is 2.54. The maximum atomic E-state index is 12.3. The molecule has 0 aliphatic heterocycles. The Morgan fingerprint density at radius 3 is 2.41 bits per heavy atom. The summed E-state index contributed by atoms with van der Waals surface area (Å²) in [5.74, 6) is 0. The second-order valence-electron chi connectivity index (χ2n) is 5.78. The van der Waals surface area contributed by atoms with Crippen LogP contribution >= 0.6 is 11.3 Å². The average molecular weight is 403 g/mol. The van der Waals surface area contributed by atoms with Gasteiger partial charge < -0.3 is 0 Å². The van der Waals surface area contributed by atoms with E-state index in [1.54, 1.807) is 0 Å². The Balaban J connectivity index is 1.65. The lowest BCUT2D eigenvalue weighted by atomic mass is 10.1. The quantitative estimate of drug-likeness (QED) is 0.480. The van der Waals surface area contributed by atoms with Gasteiger partial charge in [-0.2, -0.15) is 0 Å². The molecule has 7 nitrogen and oxygen atoms in total. The Morgan fingerprint density at radius 2 is 1.78 bits per heavy atom. The van der Waals surface area contributed by atoms with Crippen LogP contribution in [0, 0.1) is 17.0 Å². The summed E-state index contributed by atoms with van der Waals surface area (Å²) in [6.07, 6.45) is 0.463. The predicted molar refractivity (Wildman–Crippen MR) is 104 cm³/mol. The molecule has 0 atom stereocenters. The zero-order valence-corrected chi connectivity index (χ0v) is 16.1. The Kier molecular flexibility index (Phi) is 5.64. The van der Waals surface area contributed by atoms with Crippen molar-refractivity contribution in [3.63, 3.8) is 0 Å². The minimum Gasteiger partial charge on any atom is -0.258 e. The van der Waals surface area contributed by atoms with Crippen molar-refractivity contribution >= 4 is 27.0 Å². The molecular weight excluding hydrogens is 386 g/mol. The van der Waals surface area contributed by atoms with Gasteiger partial charge in [0.15, 0.2) is 0 Å². The molecule has 0 fully saturated rings. The Morgan fingerprint density at radius 1 is 1.11 bits per heavy atom. The fourth-order valence-corrected chi connectivity index (χ4v) is 4.53. The molecule has 0 aliphatic carbocycles. The van der Waals surface area contributed by atoms with Crippen molar-refractivity contribution in [1.29, 1.82) is 0 Å². The monoisotopic (exact) mass is 403 g/mol. The van der Waals surface area contributed by atoms with Crippen LogP contribution in [0.15, 0.2) is 59.5 Å². The average Bonchev–Trinajstić information content (AvgIpc) is 3.03. The van der Waals surface area contributed by atoms with Gasteiger partial charge in [0.1, 0.15) is 0 Å². The largest absolute Gasteiger partial charge is 0.269 e. The van der Waals surface area contributed by atoms with Crippen LogP contribution in [-0.2, 0) is 16.4 Å². The third-order valence-electron chi connectivity index (χ3n) is 3.88. The SMILES string of the molecule is Cc1sc(CCNS(=O)(=O)c2ccc([N+](=O)[O-])cc2)nc1-c1ccccc1. The van der Waals surface area contributed by atoms with Crippen molar-refractivity contribution in [2.24, 2.45) is 0 Å². The van der Waals surface area contributed by atoms with Gasteiger partial charge in [-0.1, -0.05) is 30.3 Å². The van der Waals surface area contributed by atoms with Gasteiger partial charge in [0, 0.05) is 35.5 Å². The van der Waals surface area contributed by atoms with Gasteiger partial charge in [-0.05, 0) is 19.1 Å². The van der Waals surface area contributed by atoms with Gasteiger partial charge >= 0.3 is 0 Å². The smallest absolute Gasteiger partial charge is 0.258 e. The number of nitrogens with one attached hydrogen (secondary N) is 1. The number of non-ortho nitro benzene ring substituents is 1. The molecule has 27 heavy (non-hydrogen) atoms. The summed E-state index contributed by atoms with van der Waals surface area (Å²) < 4.78 is 27.1. The Bertz CT molecular complexity index is 1050. The molecule has 1 N–H and O–H groups in total. The molecule has 0 saturated carbocycles. The molecule has 3 aromatic rings. The first-order valence-corrected chi connectivity index (χ1v) is 10.4. The van der Waals surface area contributed by atoms with Gasteiger partial charge in [0.2, 0.25) is 10.0 Å². The molecule has 0 amide bonds. The normalized spacial score (nSPS) is 11.4. The highest BCUT2D eigenvalue weighted by molar-refractivity contribution is 7.89. The molecule has 0 radical (unpaired) electrons. The number of nitro benzene ring substituents is 1. The topological polar surface area (TPSA) is 102 Å². The summed E-state index contributed by atoms with van der Waals surface area (Å²) in [7, 11) is -3.72. The van der Waals surface area contributed by atoms with Gasteiger partial charge in [-0.25, -0.2) is 18.1 Å². The minimum atomic E-state index is -3.72. The highest BCUT2D eigenvalue weighted by Gasteiger charge is 2.16. The molecule has 9 heteroatoms. The number of aryl methyl sites for hydroxylation is 1. The standard InChI is InChI=1S/C18H17N3O4S2/c1-13-18(14-5-3-2-4-6-14)20-17(26-13)11-12-19-27(24,25)16-9-7-15(8-10-16)21(22)23/h2-10,19H,11-12H2,1H3. The van der Waals surface area contributed by atoms with E-state index in [0.29, 0.717) is 6.42 Å². The van der Waals surface area contributed by atoms with E-state index in [2.05, 4.69) is 9.71 Å². The number of sulfonamides is 1. The second kappa shape index (κ2) is 7.95. The van der Waals surface area contributed by atoms with Crippen molar-refractivity contribution in [2.75, 3.05) is 6.54 Å². The van der Waals surface area contributed by atoms with Crippen LogP contribution in [0.1, 0.15) is 9.88 Å². The number of aromatic nitrogens is 1. The first-order chi connectivity index (χ1) is 12.9. The van der Waals surface area contributed by atoms with E-state index in [4.69, 9.17) is 0 Å². The maximum Gasteiger partial charge on any atom is 0.269 e. The van der Waals surface area contributed by atoms with Crippen LogP contribution in [0.25, 0.3) is 11.3 Å². The van der Waals surface area contributed by atoms with Crippen LogP contribution in [0.5, 0.6) is 0 Å². The number of nitrogens with zero attached hydrogens (tertiary/aromatic N) is 2. The minimum absolute atomic E-state index is 0.00612. The zero-order valence-electron chi connectivity index (χ0n) is 14.5. The Labute approximate surface area is 160 Å². The van der Waals surface area contributed by atoms with E-state index in [9.17, 15) is 18.5 Å². The molecule has 1 aromatic heterocycles. The molecule has 0 aliphatic rings. The van der Waals surface area contributed by atoms with E-state index in [0.717, 1.165) is 21.1 Å². The zero-order chi connectivity index (χ0) is 19.4. The third kappa shape index (κ3) is 4.57. The van der Waals surface area contributed by atoms with E-state index in [1.807, 2.05) is 37.3 Å². The van der Waals surface area contributed by atoms with E-state index < -0.39 is 14.9 Å². The Hall–Kier alpha value is -2.62. The fraction of sp³-hybridized carbons (Fsp3) is 0.167. The van der Waals surface area contributed by atoms with E-state index in [1.165, 1.54) is 35.6 Å². The number of hydrogen-bond acceptors (Lipinski definition) is 6. The van der Waals surface area contributed by atoms with Crippen molar-refractivity contribution in [3.05, 3.63) is 74.6 Å². The molecule has 0 saturated heterocycles. The lowest BCUT2D eigenvalue weighted by molar-refractivity contribution is -0.384. The van der Waals surface area contributed by atoms with Crippen LogP contribution in [0.2, 0.25) is 0 Å². The summed E-state index contributed by atoms with van der Waals surface area (Å²) >= 11 is 1.54. The molecule has 3 rings (SSSR count). The first-order valence-electron chi connectivity index (χ1n) is 8.12. The van der Waals surface area contributed by atoms with Gasteiger partial charge in [0.25, 0.3) is 5.69 Å².